The molecule has 0 aliphatic carbocycles. The van der Waals surface area contributed by atoms with E-state index in [1.54, 1.807) is 12.1 Å². The van der Waals surface area contributed by atoms with Crippen molar-refractivity contribution in [3.05, 3.63) is 48.0 Å². The van der Waals surface area contributed by atoms with E-state index in [1.165, 1.54) is 19.3 Å². The molecule has 0 spiro atoms. The molecule has 1 unspecified atom stereocenters. The summed E-state index contributed by atoms with van der Waals surface area (Å²) >= 11 is 0. The number of hydrogen-bond donors (Lipinski definition) is 1. The molecule has 2 heterocycles. The van der Waals surface area contributed by atoms with Crippen LogP contribution in [0.2, 0.25) is 0 Å². The summed E-state index contributed by atoms with van der Waals surface area (Å²) in [7, 11) is 0. The molecule has 0 saturated carbocycles. The van der Waals surface area contributed by atoms with Crippen LogP contribution < -0.4 is 10.2 Å². The number of amides is 1. The standard InChI is InChI=1S/C18H22N4O/c1-2-15-10-6-7-13-22(15)17-12-11-16(20-21-17)19-18(23)14-8-4-3-5-9-14/h3-5,8-9,11-12,15H,2,6-7,10,13H2,1H3,(H,19,20,23). The van der Waals surface area contributed by atoms with Crippen molar-refractivity contribution >= 4 is 17.5 Å². The summed E-state index contributed by atoms with van der Waals surface area (Å²) in [5, 5.41) is 11.3. The van der Waals surface area contributed by atoms with Crippen molar-refractivity contribution in [3.63, 3.8) is 0 Å². The number of nitrogens with one attached hydrogen (secondary N) is 1. The summed E-state index contributed by atoms with van der Waals surface area (Å²) < 4.78 is 0. The SMILES string of the molecule is CCC1CCCCN1c1ccc(NC(=O)c2ccccc2)nn1. The normalized spacial score (nSPS) is 17.8. The van der Waals surface area contributed by atoms with Crippen molar-refractivity contribution in [2.75, 3.05) is 16.8 Å². The van der Waals surface area contributed by atoms with Crippen molar-refractivity contribution in [2.24, 2.45) is 0 Å². The molecule has 1 aliphatic rings. The van der Waals surface area contributed by atoms with E-state index in [4.69, 9.17) is 0 Å². The molecule has 2 aromatic rings. The largest absolute Gasteiger partial charge is 0.352 e. The van der Waals surface area contributed by atoms with Gasteiger partial charge in [0.1, 0.15) is 0 Å². The monoisotopic (exact) mass is 310 g/mol. The molecule has 1 aromatic carbocycles. The third-order valence-electron chi connectivity index (χ3n) is 4.32. The van der Waals surface area contributed by atoms with E-state index in [1.807, 2.05) is 30.3 Å². The average molecular weight is 310 g/mol. The molecule has 0 radical (unpaired) electrons. The summed E-state index contributed by atoms with van der Waals surface area (Å²) in [6, 6.07) is 13.4. The molecule has 1 saturated heterocycles. The van der Waals surface area contributed by atoms with Crippen molar-refractivity contribution in [1.29, 1.82) is 0 Å². The van der Waals surface area contributed by atoms with Gasteiger partial charge in [0.15, 0.2) is 11.6 Å². The Labute approximate surface area is 136 Å². The minimum atomic E-state index is -0.169. The van der Waals surface area contributed by atoms with Crippen LogP contribution in [0, 0.1) is 0 Å². The molecule has 23 heavy (non-hydrogen) atoms. The van der Waals surface area contributed by atoms with Crippen molar-refractivity contribution < 1.29 is 4.79 Å². The summed E-state index contributed by atoms with van der Waals surface area (Å²) in [4.78, 5) is 14.4. The Bertz CT molecular complexity index is 642. The Hall–Kier alpha value is -2.43. The van der Waals surface area contributed by atoms with E-state index in [0.29, 0.717) is 17.4 Å². The van der Waals surface area contributed by atoms with Gasteiger partial charge in [0.2, 0.25) is 0 Å². The minimum absolute atomic E-state index is 0.169. The van der Waals surface area contributed by atoms with Gasteiger partial charge in [0.25, 0.3) is 5.91 Å². The molecule has 1 atom stereocenters. The van der Waals surface area contributed by atoms with Crippen LogP contribution in [0.15, 0.2) is 42.5 Å². The van der Waals surface area contributed by atoms with Gasteiger partial charge in [0.05, 0.1) is 0 Å². The molecule has 5 nitrogen and oxygen atoms in total. The lowest BCUT2D eigenvalue weighted by molar-refractivity contribution is 0.102. The van der Waals surface area contributed by atoms with Gasteiger partial charge in [0, 0.05) is 18.2 Å². The van der Waals surface area contributed by atoms with Gasteiger partial charge >= 0.3 is 0 Å². The molecule has 1 fully saturated rings. The Balaban J connectivity index is 1.68. The fourth-order valence-corrected chi connectivity index (χ4v) is 3.05. The van der Waals surface area contributed by atoms with Crippen LogP contribution in [0.5, 0.6) is 0 Å². The van der Waals surface area contributed by atoms with E-state index in [-0.39, 0.29) is 5.91 Å². The van der Waals surface area contributed by atoms with Crippen molar-refractivity contribution in [3.8, 4) is 0 Å². The van der Waals surface area contributed by atoms with Crippen molar-refractivity contribution in [1.82, 2.24) is 10.2 Å². The van der Waals surface area contributed by atoms with Gasteiger partial charge in [-0.05, 0) is 49.9 Å². The summed E-state index contributed by atoms with van der Waals surface area (Å²) in [6.45, 7) is 3.24. The zero-order chi connectivity index (χ0) is 16.1. The highest BCUT2D eigenvalue weighted by Crippen LogP contribution is 2.24. The molecular weight excluding hydrogens is 288 g/mol. The van der Waals surface area contributed by atoms with E-state index in [9.17, 15) is 4.79 Å². The number of hydrogen-bond acceptors (Lipinski definition) is 4. The van der Waals surface area contributed by atoms with Crippen molar-refractivity contribution in [2.45, 2.75) is 38.6 Å². The Morgan fingerprint density at radius 3 is 2.70 bits per heavy atom. The molecular formula is C18H22N4O. The maximum atomic E-state index is 12.1. The predicted molar refractivity (Wildman–Crippen MR) is 91.7 cm³/mol. The van der Waals surface area contributed by atoms with Crippen LogP contribution in [0.3, 0.4) is 0 Å². The third-order valence-corrected chi connectivity index (χ3v) is 4.32. The summed E-state index contributed by atoms with van der Waals surface area (Å²) in [6.07, 6.45) is 4.82. The zero-order valence-electron chi connectivity index (χ0n) is 13.4. The first-order valence-corrected chi connectivity index (χ1v) is 8.24. The quantitative estimate of drug-likeness (QED) is 0.939. The average Bonchev–Trinajstić information content (AvgIpc) is 2.63. The lowest BCUT2D eigenvalue weighted by atomic mass is 10.0. The van der Waals surface area contributed by atoms with E-state index < -0.39 is 0 Å². The van der Waals surface area contributed by atoms with Crippen LogP contribution >= 0.6 is 0 Å². The molecule has 0 bridgehead atoms. The van der Waals surface area contributed by atoms with Gasteiger partial charge in [-0.1, -0.05) is 25.1 Å². The third kappa shape index (κ3) is 3.67. The first-order chi connectivity index (χ1) is 11.3. The summed E-state index contributed by atoms with van der Waals surface area (Å²) in [5.41, 5.74) is 0.612. The maximum absolute atomic E-state index is 12.1. The van der Waals surface area contributed by atoms with Crippen LogP contribution in [0.1, 0.15) is 43.0 Å². The predicted octanol–water partition coefficient (Wildman–Crippen LogP) is 3.50. The topological polar surface area (TPSA) is 58.1 Å². The van der Waals surface area contributed by atoms with Crippen LogP contribution in [0.25, 0.3) is 0 Å². The lowest BCUT2D eigenvalue weighted by Crippen LogP contribution is -2.39. The molecule has 1 amide bonds. The smallest absolute Gasteiger partial charge is 0.256 e. The van der Waals surface area contributed by atoms with Gasteiger partial charge in [-0.2, -0.15) is 0 Å². The number of rotatable bonds is 4. The fourth-order valence-electron chi connectivity index (χ4n) is 3.05. The zero-order valence-corrected chi connectivity index (χ0v) is 13.4. The molecule has 120 valence electrons. The van der Waals surface area contributed by atoms with E-state index >= 15 is 0 Å². The second-order valence-corrected chi connectivity index (χ2v) is 5.85. The number of benzene rings is 1. The van der Waals surface area contributed by atoms with Gasteiger partial charge < -0.3 is 10.2 Å². The number of carbonyl (C=O) groups excluding carboxylic acids is 1. The van der Waals surface area contributed by atoms with Crippen LogP contribution in [-0.4, -0.2) is 28.7 Å². The molecule has 3 rings (SSSR count). The number of piperidine rings is 1. The number of anilines is 2. The highest BCUT2D eigenvalue weighted by Gasteiger charge is 2.22. The number of carbonyl (C=O) groups is 1. The van der Waals surface area contributed by atoms with Crippen LogP contribution in [0.4, 0.5) is 11.6 Å². The van der Waals surface area contributed by atoms with Crippen LogP contribution in [-0.2, 0) is 0 Å². The van der Waals surface area contributed by atoms with E-state index in [2.05, 4.69) is 27.3 Å². The maximum Gasteiger partial charge on any atom is 0.256 e. The highest BCUT2D eigenvalue weighted by molar-refractivity contribution is 6.03. The van der Waals surface area contributed by atoms with Gasteiger partial charge in [-0.3, -0.25) is 4.79 Å². The Morgan fingerprint density at radius 1 is 1.17 bits per heavy atom. The lowest BCUT2D eigenvalue weighted by Gasteiger charge is -2.35. The second kappa shape index (κ2) is 7.22. The first kappa shape index (κ1) is 15.5. The molecule has 5 heteroatoms. The van der Waals surface area contributed by atoms with E-state index in [0.717, 1.165) is 18.8 Å². The fraction of sp³-hybridized carbons (Fsp3) is 0.389. The Morgan fingerprint density at radius 2 is 2.00 bits per heavy atom. The van der Waals surface area contributed by atoms with Gasteiger partial charge in [-0.25, -0.2) is 0 Å². The Kier molecular flexibility index (Phi) is 4.86. The van der Waals surface area contributed by atoms with Gasteiger partial charge in [-0.15, -0.1) is 10.2 Å². The number of nitrogens with zero attached hydrogens (tertiary/aromatic N) is 3. The highest BCUT2D eigenvalue weighted by atomic mass is 16.1. The molecule has 1 N–H and O–H groups in total. The second-order valence-electron chi connectivity index (χ2n) is 5.85. The summed E-state index contributed by atoms with van der Waals surface area (Å²) in [5.74, 6) is 1.21. The molecule has 1 aliphatic heterocycles. The first-order valence-electron chi connectivity index (χ1n) is 8.24. The minimum Gasteiger partial charge on any atom is -0.352 e. The molecule has 1 aromatic heterocycles. The number of aromatic nitrogens is 2.